The molecule has 106 valence electrons. The maximum absolute atomic E-state index is 5.19. The third-order valence-electron chi connectivity index (χ3n) is 4.55. The van der Waals surface area contributed by atoms with Crippen molar-refractivity contribution in [1.82, 2.24) is 0 Å². The molecule has 3 unspecified atom stereocenters. The molecule has 0 aliphatic heterocycles. The molecule has 2 heteroatoms. The highest BCUT2D eigenvalue weighted by Crippen LogP contribution is 2.31. The first kappa shape index (κ1) is 14.4. The SMILES string of the molecule is COCCc1ccccc1NC1CCC(C)C(C)C1. The van der Waals surface area contributed by atoms with E-state index in [2.05, 4.69) is 43.4 Å². The molecule has 1 fully saturated rings. The fourth-order valence-electron chi connectivity index (χ4n) is 2.99. The topological polar surface area (TPSA) is 21.3 Å². The number of methoxy groups -OCH3 is 1. The molecule has 2 rings (SSSR count). The fourth-order valence-corrected chi connectivity index (χ4v) is 2.99. The van der Waals surface area contributed by atoms with Gasteiger partial charge in [-0.1, -0.05) is 32.0 Å². The van der Waals surface area contributed by atoms with Gasteiger partial charge in [0.2, 0.25) is 0 Å². The van der Waals surface area contributed by atoms with Gasteiger partial charge in [0.1, 0.15) is 0 Å². The minimum atomic E-state index is 0.634. The number of para-hydroxylation sites is 1. The predicted molar refractivity (Wildman–Crippen MR) is 81.6 cm³/mol. The van der Waals surface area contributed by atoms with Crippen LogP contribution in [-0.4, -0.2) is 19.8 Å². The van der Waals surface area contributed by atoms with Gasteiger partial charge in [0.15, 0.2) is 0 Å². The summed E-state index contributed by atoms with van der Waals surface area (Å²) in [4.78, 5) is 0. The minimum Gasteiger partial charge on any atom is -0.384 e. The molecule has 0 aromatic heterocycles. The molecule has 1 aromatic carbocycles. The van der Waals surface area contributed by atoms with Crippen LogP contribution in [0.5, 0.6) is 0 Å². The zero-order valence-corrected chi connectivity index (χ0v) is 12.5. The van der Waals surface area contributed by atoms with Crippen LogP contribution in [-0.2, 0) is 11.2 Å². The van der Waals surface area contributed by atoms with Crippen molar-refractivity contribution >= 4 is 5.69 Å². The zero-order valence-electron chi connectivity index (χ0n) is 12.5. The number of ether oxygens (including phenoxy) is 1. The second kappa shape index (κ2) is 6.95. The highest BCUT2D eigenvalue weighted by atomic mass is 16.5. The molecule has 0 saturated heterocycles. The van der Waals surface area contributed by atoms with Gasteiger partial charge in [-0.25, -0.2) is 0 Å². The molecule has 0 bridgehead atoms. The second-order valence-corrected chi connectivity index (χ2v) is 6.01. The lowest BCUT2D eigenvalue weighted by molar-refractivity contribution is 0.202. The van der Waals surface area contributed by atoms with E-state index in [0.29, 0.717) is 6.04 Å². The summed E-state index contributed by atoms with van der Waals surface area (Å²) in [5.74, 6) is 1.71. The normalized spacial score (nSPS) is 27.2. The van der Waals surface area contributed by atoms with Crippen LogP contribution in [0.4, 0.5) is 5.69 Å². The zero-order chi connectivity index (χ0) is 13.7. The summed E-state index contributed by atoms with van der Waals surface area (Å²) in [6.45, 7) is 5.56. The average Bonchev–Trinajstić information content (AvgIpc) is 2.42. The van der Waals surface area contributed by atoms with E-state index in [-0.39, 0.29) is 0 Å². The van der Waals surface area contributed by atoms with E-state index in [1.807, 2.05) is 0 Å². The molecule has 0 radical (unpaired) electrons. The average molecular weight is 261 g/mol. The van der Waals surface area contributed by atoms with Crippen LogP contribution in [0.3, 0.4) is 0 Å². The fraction of sp³-hybridized carbons (Fsp3) is 0.647. The monoisotopic (exact) mass is 261 g/mol. The van der Waals surface area contributed by atoms with E-state index in [0.717, 1.165) is 24.9 Å². The van der Waals surface area contributed by atoms with Crippen molar-refractivity contribution in [2.45, 2.75) is 45.6 Å². The van der Waals surface area contributed by atoms with E-state index >= 15 is 0 Å². The van der Waals surface area contributed by atoms with Gasteiger partial charge in [-0.2, -0.15) is 0 Å². The summed E-state index contributed by atoms with van der Waals surface area (Å²) >= 11 is 0. The molecular weight excluding hydrogens is 234 g/mol. The molecule has 1 N–H and O–H groups in total. The Morgan fingerprint density at radius 2 is 1.95 bits per heavy atom. The van der Waals surface area contributed by atoms with Gasteiger partial charge in [0, 0.05) is 18.8 Å². The number of hydrogen-bond acceptors (Lipinski definition) is 2. The third kappa shape index (κ3) is 3.97. The molecule has 0 heterocycles. The minimum absolute atomic E-state index is 0.634. The number of benzene rings is 1. The first-order valence-corrected chi connectivity index (χ1v) is 7.54. The van der Waals surface area contributed by atoms with E-state index in [9.17, 15) is 0 Å². The molecule has 1 saturated carbocycles. The Morgan fingerprint density at radius 3 is 2.68 bits per heavy atom. The number of anilines is 1. The predicted octanol–water partition coefficient (Wildman–Crippen LogP) is 4.11. The van der Waals surface area contributed by atoms with Crippen LogP contribution >= 0.6 is 0 Å². The Hall–Kier alpha value is -1.02. The van der Waals surface area contributed by atoms with Crippen molar-refractivity contribution < 1.29 is 4.74 Å². The van der Waals surface area contributed by atoms with E-state index in [1.54, 1.807) is 7.11 Å². The van der Waals surface area contributed by atoms with Gasteiger partial charge in [-0.15, -0.1) is 0 Å². The summed E-state index contributed by atoms with van der Waals surface area (Å²) in [7, 11) is 1.76. The Morgan fingerprint density at radius 1 is 1.16 bits per heavy atom. The molecule has 0 amide bonds. The van der Waals surface area contributed by atoms with Crippen LogP contribution in [0.2, 0.25) is 0 Å². The molecule has 19 heavy (non-hydrogen) atoms. The van der Waals surface area contributed by atoms with Crippen molar-refractivity contribution in [2.75, 3.05) is 19.0 Å². The van der Waals surface area contributed by atoms with Gasteiger partial charge >= 0.3 is 0 Å². The largest absolute Gasteiger partial charge is 0.384 e. The van der Waals surface area contributed by atoms with Gasteiger partial charge in [-0.3, -0.25) is 0 Å². The van der Waals surface area contributed by atoms with E-state index in [4.69, 9.17) is 4.74 Å². The van der Waals surface area contributed by atoms with E-state index < -0.39 is 0 Å². The van der Waals surface area contributed by atoms with Gasteiger partial charge < -0.3 is 10.1 Å². The number of nitrogens with one attached hydrogen (secondary N) is 1. The van der Waals surface area contributed by atoms with E-state index in [1.165, 1.54) is 30.5 Å². The summed E-state index contributed by atoms with van der Waals surface area (Å²) in [5.41, 5.74) is 2.67. The summed E-state index contributed by atoms with van der Waals surface area (Å²) in [5, 5.41) is 3.75. The molecular formula is C17H27NO. The summed E-state index contributed by atoms with van der Waals surface area (Å²) < 4.78 is 5.19. The van der Waals surface area contributed by atoms with Crippen molar-refractivity contribution in [3.8, 4) is 0 Å². The van der Waals surface area contributed by atoms with Crippen LogP contribution < -0.4 is 5.32 Å². The number of rotatable bonds is 5. The van der Waals surface area contributed by atoms with Crippen LogP contribution in [0.1, 0.15) is 38.7 Å². The Bertz CT molecular complexity index is 391. The molecule has 3 atom stereocenters. The van der Waals surface area contributed by atoms with Crippen molar-refractivity contribution in [1.29, 1.82) is 0 Å². The molecule has 2 nitrogen and oxygen atoms in total. The molecule has 0 spiro atoms. The highest BCUT2D eigenvalue weighted by molar-refractivity contribution is 5.52. The standard InChI is InChI=1S/C17H27NO/c1-13-8-9-16(12-14(13)2)18-17-7-5-4-6-15(17)10-11-19-3/h4-7,13-14,16,18H,8-12H2,1-3H3. The van der Waals surface area contributed by atoms with Gasteiger partial charge in [-0.05, 0) is 49.1 Å². The third-order valence-corrected chi connectivity index (χ3v) is 4.55. The summed E-state index contributed by atoms with van der Waals surface area (Å²) in [6, 6.07) is 9.27. The molecule has 1 aliphatic rings. The van der Waals surface area contributed by atoms with Gasteiger partial charge in [0.25, 0.3) is 0 Å². The van der Waals surface area contributed by atoms with Crippen LogP contribution in [0, 0.1) is 11.8 Å². The lowest BCUT2D eigenvalue weighted by Gasteiger charge is -2.33. The Balaban J connectivity index is 1.98. The van der Waals surface area contributed by atoms with Crippen LogP contribution in [0.15, 0.2) is 24.3 Å². The molecule has 1 aromatic rings. The first-order valence-electron chi connectivity index (χ1n) is 7.54. The van der Waals surface area contributed by atoms with Gasteiger partial charge in [0.05, 0.1) is 6.61 Å². The molecule has 1 aliphatic carbocycles. The van der Waals surface area contributed by atoms with Crippen molar-refractivity contribution in [3.05, 3.63) is 29.8 Å². The Kier molecular flexibility index (Phi) is 5.26. The second-order valence-electron chi connectivity index (χ2n) is 6.01. The lowest BCUT2D eigenvalue weighted by atomic mass is 9.79. The lowest BCUT2D eigenvalue weighted by Crippen LogP contribution is -2.30. The Labute approximate surface area is 117 Å². The quantitative estimate of drug-likeness (QED) is 0.861. The summed E-state index contributed by atoms with van der Waals surface area (Å²) in [6.07, 6.45) is 4.92. The smallest absolute Gasteiger partial charge is 0.0503 e. The maximum Gasteiger partial charge on any atom is 0.0503 e. The van der Waals surface area contributed by atoms with Crippen molar-refractivity contribution in [3.63, 3.8) is 0 Å². The maximum atomic E-state index is 5.19. The number of hydrogen-bond donors (Lipinski definition) is 1. The first-order chi connectivity index (χ1) is 9.20. The highest BCUT2D eigenvalue weighted by Gasteiger charge is 2.24. The van der Waals surface area contributed by atoms with Crippen molar-refractivity contribution in [2.24, 2.45) is 11.8 Å². The van der Waals surface area contributed by atoms with Crippen LogP contribution in [0.25, 0.3) is 0 Å².